The molecule has 1 aromatic heterocycles. The summed E-state index contributed by atoms with van der Waals surface area (Å²) in [5.41, 5.74) is 0.993. The number of nitrogens with one attached hydrogen (secondary N) is 1. The van der Waals surface area contributed by atoms with Crippen molar-refractivity contribution in [3.8, 4) is 11.3 Å². The topological polar surface area (TPSA) is 45.2 Å². The first-order valence-electron chi connectivity index (χ1n) is 8.40. The van der Waals surface area contributed by atoms with Crippen LogP contribution in [0.3, 0.4) is 0 Å². The molecule has 0 spiro atoms. The molecule has 4 nitrogen and oxygen atoms in total. The first-order valence-corrected chi connectivity index (χ1v) is 9.28. The molecule has 3 rings (SSSR count). The van der Waals surface area contributed by atoms with Gasteiger partial charge < -0.3 is 5.32 Å². The lowest BCUT2D eigenvalue weighted by atomic mass is 9.98. The van der Waals surface area contributed by atoms with E-state index in [4.69, 9.17) is 0 Å². The van der Waals surface area contributed by atoms with Crippen molar-refractivity contribution in [2.24, 2.45) is 5.92 Å². The number of nitrogens with zero attached hydrogens (tertiary/aromatic N) is 2. The molecule has 1 atom stereocenters. The summed E-state index contributed by atoms with van der Waals surface area (Å²) in [4.78, 5) is 18.9. The third kappa shape index (κ3) is 4.22. The SMILES string of the molecule is CC1CCN([C@H](C)C(=O)Nc2nc(-c3ccc(F)c(F)c3)cs2)CC1. The summed E-state index contributed by atoms with van der Waals surface area (Å²) in [6.07, 6.45) is 2.21. The monoisotopic (exact) mass is 365 g/mol. The molecule has 1 N–H and O–H groups in total. The predicted molar refractivity (Wildman–Crippen MR) is 95.5 cm³/mol. The average Bonchev–Trinajstić information content (AvgIpc) is 3.06. The first-order chi connectivity index (χ1) is 11.9. The Bertz CT molecular complexity index is 757. The lowest BCUT2D eigenvalue weighted by Crippen LogP contribution is -2.45. The number of amides is 1. The number of carbonyl (C=O) groups excluding carboxylic acids is 1. The Balaban J connectivity index is 1.64. The molecule has 1 saturated heterocycles. The Morgan fingerprint density at radius 2 is 2.04 bits per heavy atom. The van der Waals surface area contributed by atoms with Crippen LogP contribution < -0.4 is 5.32 Å². The van der Waals surface area contributed by atoms with Gasteiger partial charge in [-0.25, -0.2) is 13.8 Å². The third-order valence-electron chi connectivity index (χ3n) is 4.70. The van der Waals surface area contributed by atoms with Crippen LogP contribution in [-0.4, -0.2) is 34.9 Å². The van der Waals surface area contributed by atoms with Crippen molar-refractivity contribution in [1.82, 2.24) is 9.88 Å². The van der Waals surface area contributed by atoms with E-state index in [1.54, 1.807) is 5.38 Å². The molecule has 134 valence electrons. The molecule has 1 aliphatic rings. The molecular weight excluding hydrogens is 344 g/mol. The third-order valence-corrected chi connectivity index (χ3v) is 5.45. The Morgan fingerprint density at radius 1 is 1.32 bits per heavy atom. The zero-order chi connectivity index (χ0) is 18.0. The number of likely N-dealkylation sites (tertiary alicyclic amines) is 1. The summed E-state index contributed by atoms with van der Waals surface area (Å²) in [5.74, 6) is -1.19. The van der Waals surface area contributed by atoms with E-state index in [-0.39, 0.29) is 11.9 Å². The van der Waals surface area contributed by atoms with Crippen LogP contribution in [0.4, 0.5) is 13.9 Å². The molecule has 7 heteroatoms. The molecule has 1 aromatic carbocycles. The van der Waals surface area contributed by atoms with Gasteiger partial charge in [-0.1, -0.05) is 6.92 Å². The van der Waals surface area contributed by atoms with Crippen molar-refractivity contribution >= 4 is 22.4 Å². The van der Waals surface area contributed by atoms with Gasteiger partial charge in [-0.15, -0.1) is 11.3 Å². The molecule has 25 heavy (non-hydrogen) atoms. The van der Waals surface area contributed by atoms with E-state index >= 15 is 0 Å². The second kappa shape index (κ2) is 7.58. The van der Waals surface area contributed by atoms with Gasteiger partial charge in [0.15, 0.2) is 16.8 Å². The fourth-order valence-electron chi connectivity index (χ4n) is 2.91. The molecule has 0 aliphatic carbocycles. The molecule has 0 bridgehead atoms. The highest BCUT2D eigenvalue weighted by Crippen LogP contribution is 2.26. The lowest BCUT2D eigenvalue weighted by molar-refractivity contribution is -0.121. The highest BCUT2D eigenvalue weighted by Gasteiger charge is 2.25. The van der Waals surface area contributed by atoms with Crippen molar-refractivity contribution in [2.45, 2.75) is 32.7 Å². The van der Waals surface area contributed by atoms with E-state index in [2.05, 4.69) is 22.1 Å². The number of hydrogen-bond acceptors (Lipinski definition) is 4. The minimum absolute atomic E-state index is 0.0965. The van der Waals surface area contributed by atoms with E-state index in [0.717, 1.165) is 38.1 Å². The van der Waals surface area contributed by atoms with E-state index in [1.807, 2.05) is 6.92 Å². The minimum Gasteiger partial charge on any atom is -0.301 e. The molecule has 1 amide bonds. The lowest BCUT2D eigenvalue weighted by Gasteiger charge is -2.33. The van der Waals surface area contributed by atoms with E-state index < -0.39 is 11.6 Å². The number of piperidine rings is 1. The summed E-state index contributed by atoms with van der Waals surface area (Å²) >= 11 is 1.27. The smallest absolute Gasteiger partial charge is 0.243 e. The fourth-order valence-corrected chi connectivity index (χ4v) is 3.63. The van der Waals surface area contributed by atoms with Gasteiger partial charge in [0.25, 0.3) is 0 Å². The van der Waals surface area contributed by atoms with E-state index in [9.17, 15) is 13.6 Å². The summed E-state index contributed by atoms with van der Waals surface area (Å²) in [7, 11) is 0. The summed E-state index contributed by atoms with van der Waals surface area (Å²) < 4.78 is 26.4. The van der Waals surface area contributed by atoms with Gasteiger partial charge in [0, 0.05) is 10.9 Å². The van der Waals surface area contributed by atoms with Crippen LogP contribution in [0.5, 0.6) is 0 Å². The molecule has 1 aliphatic heterocycles. The molecule has 2 heterocycles. The molecule has 0 radical (unpaired) electrons. The number of rotatable bonds is 4. The second-order valence-corrected chi connectivity index (χ2v) is 7.41. The normalized spacial score (nSPS) is 17.4. The van der Waals surface area contributed by atoms with Crippen LogP contribution in [0.25, 0.3) is 11.3 Å². The van der Waals surface area contributed by atoms with Gasteiger partial charge in [-0.3, -0.25) is 9.69 Å². The fraction of sp³-hybridized carbons (Fsp3) is 0.444. The number of halogens is 2. The van der Waals surface area contributed by atoms with Crippen molar-refractivity contribution in [1.29, 1.82) is 0 Å². The predicted octanol–water partition coefficient (Wildman–Crippen LogP) is 4.15. The number of aromatic nitrogens is 1. The Hall–Kier alpha value is -1.86. The zero-order valence-electron chi connectivity index (χ0n) is 14.3. The van der Waals surface area contributed by atoms with Gasteiger partial charge in [0.2, 0.25) is 5.91 Å². The highest BCUT2D eigenvalue weighted by atomic mass is 32.1. The van der Waals surface area contributed by atoms with Crippen LogP contribution in [-0.2, 0) is 4.79 Å². The van der Waals surface area contributed by atoms with Crippen LogP contribution >= 0.6 is 11.3 Å². The van der Waals surface area contributed by atoms with Crippen molar-refractivity contribution < 1.29 is 13.6 Å². The van der Waals surface area contributed by atoms with Gasteiger partial charge in [0.05, 0.1) is 11.7 Å². The Kier molecular flexibility index (Phi) is 5.44. The second-order valence-electron chi connectivity index (χ2n) is 6.55. The molecule has 2 aromatic rings. The number of hydrogen-bond donors (Lipinski definition) is 1. The molecule has 0 saturated carbocycles. The van der Waals surface area contributed by atoms with Crippen LogP contribution in [0.1, 0.15) is 26.7 Å². The average molecular weight is 365 g/mol. The number of carbonyl (C=O) groups is 1. The van der Waals surface area contributed by atoms with E-state index in [1.165, 1.54) is 17.4 Å². The number of anilines is 1. The maximum atomic E-state index is 13.3. The summed E-state index contributed by atoms with van der Waals surface area (Å²) in [6, 6.07) is 3.43. The largest absolute Gasteiger partial charge is 0.301 e. The van der Waals surface area contributed by atoms with Crippen molar-refractivity contribution in [3.63, 3.8) is 0 Å². The highest BCUT2D eigenvalue weighted by molar-refractivity contribution is 7.14. The van der Waals surface area contributed by atoms with Crippen LogP contribution in [0.15, 0.2) is 23.6 Å². The maximum absolute atomic E-state index is 13.3. The minimum atomic E-state index is -0.913. The van der Waals surface area contributed by atoms with Gasteiger partial charge in [-0.2, -0.15) is 0 Å². The summed E-state index contributed by atoms with van der Waals surface area (Å²) in [6.45, 7) is 5.98. The Labute approximate surface area is 149 Å². The first kappa shape index (κ1) is 17.9. The molecular formula is C18H21F2N3OS. The number of benzene rings is 1. The van der Waals surface area contributed by atoms with Gasteiger partial charge in [-0.05, 0) is 57.0 Å². The summed E-state index contributed by atoms with van der Waals surface area (Å²) in [5, 5.41) is 5.00. The van der Waals surface area contributed by atoms with E-state index in [0.29, 0.717) is 22.3 Å². The maximum Gasteiger partial charge on any atom is 0.243 e. The van der Waals surface area contributed by atoms with Gasteiger partial charge in [0.1, 0.15) is 0 Å². The Morgan fingerprint density at radius 3 is 2.72 bits per heavy atom. The van der Waals surface area contributed by atoms with Crippen molar-refractivity contribution in [3.05, 3.63) is 35.2 Å². The van der Waals surface area contributed by atoms with Crippen LogP contribution in [0.2, 0.25) is 0 Å². The standard InChI is InChI=1S/C18H21F2N3OS/c1-11-5-7-23(8-6-11)12(2)17(24)22-18-21-16(10-25-18)13-3-4-14(19)15(20)9-13/h3-4,9-12H,5-8H2,1-2H3,(H,21,22,24)/t12-/m1/s1. The molecule has 1 fully saturated rings. The zero-order valence-corrected chi connectivity index (χ0v) is 15.1. The molecule has 0 unspecified atom stereocenters. The van der Waals surface area contributed by atoms with Gasteiger partial charge >= 0.3 is 0 Å². The quantitative estimate of drug-likeness (QED) is 0.885. The van der Waals surface area contributed by atoms with Crippen LogP contribution in [0, 0.1) is 17.6 Å². The number of thiazole rings is 1. The van der Waals surface area contributed by atoms with Crippen molar-refractivity contribution in [2.75, 3.05) is 18.4 Å².